The van der Waals surface area contributed by atoms with Crippen LogP contribution >= 0.6 is 0 Å². The first-order chi connectivity index (χ1) is 7.06. The summed E-state index contributed by atoms with van der Waals surface area (Å²) < 4.78 is 0. The second-order valence-electron chi connectivity index (χ2n) is 4.26. The van der Waals surface area contributed by atoms with Gasteiger partial charge in [-0.05, 0) is 56.5 Å². The van der Waals surface area contributed by atoms with E-state index in [-0.39, 0.29) is 6.73 Å². The van der Waals surface area contributed by atoms with Gasteiger partial charge in [0.1, 0.15) is 0 Å². The SMILES string of the molecule is Cc1ccc(CCN(C)CO)c(C)c1C. The van der Waals surface area contributed by atoms with E-state index in [9.17, 15) is 0 Å². The molecule has 0 amide bonds. The Hall–Kier alpha value is -0.860. The van der Waals surface area contributed by atoms with Crippen LogP contribution in [0.2, 0.25) is 0 Å². The summed E-state index contributed by atoms with van der Waals surface area (Å²) >= 11 is 0. The molecule has 0 bridgehead atoms. The number of likely N-dealkylation sites (N-methyl/N-ethyl adjacent to an activating group) is 1. The van der Waals surface area contributed by atoms with Crippen LogP contribution in [0, 0.1) is 20.8 Å². The van der Waals surface area contributed by atoms with Crippen LogP contribution < -0.4 is 0 Å². The smallest absolute Gasteiger partial charge is 0.0954 e. The molecule has 0 saturated heterocycles. The van der Waals surface area contributed by atoms with Crippen molar-refractivity contribution in [2.75, 3.05) is 20.3 Å². The van der Waals surface area contributed by atoms with Crippen molar-refractivity contribution in [3.8, 4) is 0 Å². The molecular weight excluding hydrogens is 186 g/mol. The van der Waals surface area contributed by atoms with E-state index in [1.807, 2.05) is 11.9 Å². The molecule has 1 aromatic rings. The monoisotopic (exact) mass is 207 g/mol. The Balaban J connectivity index is 2.74. The van der Waals surface area contributed by atoms with E-state index in [0.29, 0.717) is 0 Å². The lowest BCUT2D eigenvalue weighted by Gasteiger charge is -2.15. The molecule has 0 aromatic heterocycles. The molecule has 1 aromatic carbocycles. The zero-order chi connectivity index (χ0) is 11.4. The molecule has 0 atom stereocenters. The molecule has 0 unspecified atom stereocenters. The summed E-state index contributed by atoms with van der Waals surface area (Å²) in [4.78, 5) is 1.91. The summed E-state index contributed by atoms with van der Waals surface area (Å²) in [5.41, 5.74) is 5.52. The minimum absolute atomic E-state index is 0.129. The van der Waals surface area contributed by atoms with Crippen molar-refractivity contribution in [3.05, 3.63) is 34.4 Å². The molecule has 2 nitrogen and oxygen atoms in total. The summed E-state index contributed by atoms with van der Waals surface area (Å²) in [5, 5.41) is 8.91. The van der Waals surface area contributed by atoms with Gasteiger partial charge in [0, 0.05) is 6.54 Å². The van der Waals surface area contributed by atoms with Crippen molar-refractivity contribution in [2.45, 2.75) is 27.2 Å². The Morgan fingerprint density at radius 1 is 1.13 bits per heavy atom. The van der Waals surface area contributed by atoms with Gasteiger partial charge >= 0.3 is 0 Å². The highest BCUT2D eigenvalue weighted by molar-refractivity contribution is 5.38. The van der Waals surface area contributed by atoms with Gasteiger partial charge < -0.3 is 5.11 Å². The molecule has 0 aliphatic carbocycles. The highest BCUT2D eigenvalue weighted by Gasteiger charge is 2.04. The van der Waals surface area contributed by atoms with E-state index >= 15 is 0 Å². The maximum atomic E-state index is 8.91. The summed E-state index contributed by atoms with van der Waals surface area (Å²) in [6, 6.07) is 4.37. The Labute approximate surface area is 92.5 Å². The van der Waals surface area contributed by atoms with Crippen LogP contribution in [0.1, 0.15) is 22.3 Å². The second-order valence-corrected chi connectivity index (χ2v) is 4.26. The van der Waals surface area contributed by atoms with Gasteiger partial charge in [-0.15, -0.1) is 0 Å². The van der Waals surface area contributed by atoms with Gasteiger partial charge in [-0.3, -0.25) is 4.90 Å². The molecule has 0 spiro atoms. The maximum absolute atomic E-state index is 8.91. The van der Waals surface area contributed by atoms with E-state index in [0.717, 1.165) is 13.0 Å². The third-order valence-electron chi connectivity index (χ3n) is 3.17. The van der Waals surface area contributed by atoms with E-state index in [4.69, 9.17) is 5.11 Å². The van der Waals surface area contributed by atoms with Crippen LogP contribution in [0.15, 0.2) is 12.1 Å². The van der Waals surface area contributed by atoms with E-state index in [1.54, 1.807) is 0 Å². The second kappa shape index (κ2) is 5.29. The lowest BCUT2D eigenvalue weighted by molar-refractivity contribution is 0.134. The van der Waals surface area contributed by atoms with Crippen LogP contribution in [0.4, 0.5) is 0 Å². The van der Waals surface area contributed by atoms with Gasteiger partial charge in [0.2, 0.25) is 0 Å². The van der Waals surface area contributed by atoms with Crippen LogP contribution in [-0.4, -0.2) is 30.3 Å². The van der Waals surface area contributed by atoms with Gasteiger partial charge in [-0.25, -0.2) is 0 Å². The predicted molar refractivity (Wildman–Crippen MR) is 64.1 cm³/mol. The molecule has 0 radical (unpaired) electrons. The third kappa shape index (κ3) is 3.05. The number of nitrogens with zero attached hydrogens (tertiary/aromatic N) is 1. The number of aliphatic hydroxyl groups excluding tert-OH is 1. The Bertz CT molecular complexity index is 334. The van der Waals surface area contributed by atoms with Gasteiger partial charge in [0.25, 0.3) is 0 Å². The lowest BCUT2D eigenvalue weighted by atomic mass is 9.97. The number of benzene rings is 1. The van der Waals surface area contributed by atoms with Gasteiger partial charge in [-0.2, -0.15) is 0 Å². The van der Waals surface area contributed by atoms with Gasteiger partial charge in [0.05, 0.1) is 6.73 Å². The fourth-order valence-electron chi connectivity index (χ4n) is 1.67. The third-order valence-corrected chi connectivity index (χ3v) is 3.17. The van der Waals surface area contributed by atoms with Crippen LogP contribution in [-0.2, 0) is 6.42 Å². The summed E-state index contributed by atoms with van der Waals surface area (Å²) in [5.74, 6) is 0. The molecule has 0 saturated carbocycles. The fraction of sp³-hybridized carbons (Fsp3) is 0.538. The molecule has 2 heteroatoms. The minimum Gasteiger partial charge on any atom is -0.381 e. The molecule has 0 fully saturated rings. The van der Waals surface area contributed by atoms with E-state index in [1.165, 1.54) is 22.3 Å². The Morgan fingerprint density at radius 3 is 2.40 bits per heavy atom. The molecule has 15 heavy (non-hydrogen) atoms. The number of aliphatic hydroxyl groups is 1. The summed E-state index contributed by atoms with van der Waals surface area (Å²) in [6.07, 6.45) is 1.00. The zero-order valence-corrected chi connectivity index (χ0v) is 10.2. The quantitative estimate of drug-likeness (QED) is 0.764. The average molecular weight is 207 g/mol. The minimum atomic E-state index is 0.129. The van der Waals surface area contributed by atoms with E-state index < -0.39 is 0 Å². The maximum Gasteiger partial charge on any atom is 0.0954 e. The first kappa shape index (κ1) is 12.2. The molecular formula is C13H21NO. The van der Waals surface area contributed by atoms with Crippen molar-refractivity contribution in [1.29, 1.82) is 0 Å². The number of hydrogen-bond acceptors (Lipinski definition) is 2. The van der Waals surface area contributed by atoms with Gasteiger partial charge in [0.15, 0.2) is 0 Å². The van der Waals surface area contributed by atoms with Crippen molar-refractivity contribution >= 4 is 0 Å². The molecule has 84 valence electrons. The molecule has 0 heterocycles. The summed E-state index contributed by atoms with van der Waals surface area (Å²) in [7, 11) is 1.93. The topological polar surface area (TPSA) is 23.5 Å². The molecule has 0 aliphatic rings. The first-order valence-corrected chi connectivity index (χ1v) is 5.41. The van der Waals surface area contributed by atoms with Crippen molar-refractivity contribution < 1.29 is 5.11 Å². The highest BCUT2D eigenvalue weighted by atomic mass is 16.3. The van der Waals surface area contributed by atoms with Crippen LogP contribution in [0.5, 0.6) is 0 Å². The first-order valence-electron chi connectivity index (χ1n) is 5.41. The fourth-order valence-corrected chi connectivity index (χ4v) is 1.67. The van der Waals surface area contributed by atoms with Gasteiger partial charge in [-0.1, -0.05) is 12.1 Å². The standard InChI is InChI=1S/C13H21NO/c1-10-5-6-13(12(3)11(10)2)7-8-14(4)9-15/h5-6,15H,7-9H2,1-4H3. The average Bonchev–Trinajstić information content (AvgIpc) is 2.24. The highest BCUT2D eigenvalue weighted by Crippen LogP contribution is 2.17. The normalized spacial score (nSPS) is 11.1. The zero-order valence-electron chi connectivity index (χ0n) is 10.2. The van der Waals surface area contributed by atoms with Crippen LogP contribution in [0.25, 0.3) is 0 Å². The van der Waals surface area contributed by atoms with Crippen molar-refractivity contribution in [2.24, 2.45) is 0 Å². The predicted octanol–water partition coefficient (Wildman–Crippen LogP) is 2.04. The molecule has 1 rings (SSSR count). The van der Waals surface area contributed by atoms with Crippen molar-refractivity contribution in [1.82, 2.24) is 4.90 Å². The largest absolute Gasteiger partial charge is 0.381 e. The Morgan fingerprint density at radius 2 is 1.80 bits per heavy atom. The lowest BCUT2D eigenvalue weighted by Crippen LogP contribution is -2.22. The Kier molecular flexibility index (Phi) is 4.30. The van der Waals surface area contributed by atoms with Crippen molar-refractivity contribution in [3.63, 3.8) is 0 Å². The number of rotatable bonds is 4. The number of hydrogen-bond donors (Lipinski definition) is 1. The molecule has 1 N–H and O–H groups in total. The molecule has 0 aliphatic heterocycles. The summed E-state index contributed by atoms with van der Waals surface area (Å²) in [6.45, 7) is 7.52. The number of aryl methyl sites for hydroxylation is 1. The van der Waals surface area contributed by atoms with Crippen LogP contribution in [0.3, 0.4) is 0 Å². The van der Waals surface area contributed by atoms with E-state index in [2.05, 4.69) is 32.9 Å².